The molecule has 25 heavy (non-hydrogen) atoms. The number of nitrogens with zero attached hydrogens (tertiary/aromatic N) is 1. The van der Waals surface area contributed by atoms with E-state index in [2.05, 4.69) is 4.72 Å². The molecule has 1 N–H and O–H groups in total. The van der Waals surface area contributed by atoms with E-state index in [-0.39, 0.29) is 22.9 Å². The first-order chi connectivity index (χ1) is 11.6. The van der Waals surface area contributed by atoms with Crippen molar-refractivity contribution < 1.29 is 31.1 Å². The van der Waals surface area contributed by atoms with E-state index < -0.39 is 38.2 Å². The second kappa shape index (κ2) is 7.38. The van der Waals surface area contributed by atoms with E-state index in [0.717, 1.165) is 0 Å². The van der Waals surface area contributed by atoms with Crippen molar-refractivity contribution >= 4 is 31.6 Å². The predicted molar refractivity (Wildman–Crippen MR) is 89.9 cm³/mol. The molecule has 2 rings (SSSR count). The van der Waals surface area contributed by atoms with Crippen molar-refractivity contribution in [3.8, 4) is 0 Å². The summed E-state index contributed by atoms with van der Waals surface area (Å²) >= 11 is 0. The van der Waals surface area contributed by atoms with Crippen LogP contribution in [0.2, 0.25) is 0 Å². The van der Waals surface area contributed by atoms with Crippen molar-refractivity contribution in [3.63, 3.8) is 0 Å². The Labute approximate surface area is 147 Å². The molecule has 0 bridgehead atoms. The molecule has 140 valence electrons. The summed E-state index contributed by atoms with van der Waals surface area (Å²) in [4.78, 5) is 12.0. The molecule has 1 aliphatic heterocycles. The molecule has 0 aromatic heterocycles. The lowest BCUT2D eigenvalue weighted by atomic mass is 10.2. The summed E-state index contributed by atoms with van der Waals surface area (Å²) in [6, 6.07) is 5.04. The number of nitrogens with one attached hydrogen (secondary N) is 1. The van der Waals surface area contributed by atoms with Gasteiger partial charge in [-0.3, -0.25) is 4.79 Å². The van der Waals surface area contributed by atoms with Crippen LogP contribution in [0.15, 0.2) is 29.2 Å². The van der Waals surface area contributed by atoms with E-state index in [0.29, 0.717) is 4.31 Å². The number of hydrogen-bond acceptors (Lipinski definition) is 7. The lowest BCUT2D eigenvalue weighted by Gasteiger charge is -2.16. The van der Waals surface area contributed by atoms with Gasteiger partial charge in [-0.2, -0.15) is 0 Å². The second-order valence-electron chi connectivity index (χ2n) is 5.53. The molecule has 1 saturated heterocycles. The molecule has 0 saturated carbocycles. The fourth-order valence-corrected chi connectivity index (χ4v) is 5.21. The zero-order valence-electron chi connectivity index (χ0n) is 14.0. The van der Waals surface area contributed by atoms with Crippen LogP contribution >= 0.6 is 0 Å². The number of benzene rings is 1. The van der Waals surface area contributed by atoms with Crippen LogP contribution in [0.4, 0.5) is 5.69 Å². The number of ether oxygens (including phenoxy) is 2. The summed E-state index contributed by atoms with van der Waals surface area (Å²) in [5.41, 5.74) is 0.111. The Morgan fingerprint density at radius 3 is 2.24 bits per heavy atom. The van der Waals surface area contributed by atoms with E-state index >= 15 is 0 Å². The summed E-state index contributed by atoms with van der Waals surface area (Å²) in [6.07, 6.45) is -0.733. The fourth-order valence-electron chi connectivity index (χ4n) is 2.37. The van der Waals surface area contributed by atoms with Gasteiger partial charge in [-0.15, -0.1) is 0 Å². The third-order valence-corrected chi connectivity index (χ3v) is 7.02. The first-order valence-corrected chi connectivity index (χ1v) is 10.4. The lowest BCUT2D eigenvalue weighted by Crippen LogP contribution is -2.34. The number of anilines is 1. The van der Waals surface area contributed by atoms with Gasteiger partial charge < -0.3 is 9.47 Å². The number of sulfonamides is 2. The summed E-state index contributed by atoms with van der Waals surface area (Å²) < 4.78 is 61.4. The first-order valence-electron chi connectivity index (χ1n) is 7.34. The summed E-state index contributed by atoms with van der Waals surface area (Å²) in [5.74, 6) is -1.42. The Morgan fingerprint density at radius 1 is 1.24 bits per heavy atom. The van der Waals surface area contributed by atoms with Crippen molar-refractivity contribution in [2.45, 2.75) is 18.1 Å². The standard InChI is InChI=1S/C14H20N2O7S2/c1-10-9-24(18,19)16(14(10)17)11-4-6-12(7-5-11)25(20,21)15-8-13(22-2)23-3/h4-7,10,13,15H,8-9H2,1-3H3. The van der Waals surface area contributed by atoms with Crippen molar-refractivity contribution in [1.29, 1.82) is 0 Å². The largest absolute Gasteiger partial charge is 0.355 e. The summed E-state index contributed by atoms with van der Waals surface area (Å²) in [7, 11) is -4.80. The molecule has 1 aliphatic rings. The van der Waals surface area contributed by atoms with Crippen LogP contribution in [0.3, 0.4) is 0 Å². The second-order valence-corrected chi connectivity index (χ2v) is 9.16. The van der Waals surface area contributed by atoms with Crippen molar-refractivity contribution in [2.75, 3.05) is 30.8 Å². The molecule has 0 radical (unpaired) electrons. The molecule has 11 heteroatoms. The Balaban J connectivity index is 2.21. The van der Waals surface area contributed by atoms with Gasteiger partial charge in [0.15, 0.2) is 6.29 Å². The minimum Gasteiger partial charge on any atom is -0.355 e. The predicted octanol–water partition coefficient (Wildman–Crippen LogP) is -0.104. The van der Waals surface area contributed by atoms with Crippen molar-refractivity contribution in [2.24, 2.45) is 5.92 Å². The highest BCUT2D eigenvalue weighted by Gasteiger charge is 2.41. The van der Waals surface area contributed by atoms with Gasteiger partial charge in [-0.05, 0) is 24.3 Å². The Morgan fingerprint density at radius 2 is 1.80 bits per heavy atom. The van der Waals surface area contributed by atoms with E-state index in [1.54, 1.807) is 0 Å². The maximum atomic E-state index is 12.2. The molecule has 1 amide bonds. The van der Waals surface area contributed by atoms with Crippen LogP contribution in [0.5, 0.6) is 0 Å². The highest BCUT2D eigenvalue weighted by atomic mass is 32.2. The van der Waals surface area contributed by atoms with Gasteiger partial charge in [-0.1, -0.05) is 6.92 Å². The van der Waals surface area contributed by atoms with Gasteiger partial charge >= 0.3 is 0 Å². The molecule has 1 aromatic rings. The normalized spacial score (nSPS) is 20.4. The molecule has 0 aliphatic carbocycles. The number of methoxy groups -OCH3 is 2. The quantitative estimate of drug-likeness (QED) is 0.643. The third-order valence-electron chi connectivity index (χ3n) is 3.71. The van der Waals surface area contributed by atoms with Crippen LogP contribution in [-0.2, 0) is 34.3 Å². The smallest absolute Gasteiger partial charge is 0.244 e. The van der Waals surface area contributed by atoms with Crippen LogP contribution < -0.4 is 9.03 Å². The topological polar surface area (TPSA) is 119 Å². The SMILES string of the molecule is COC(CNS(=O)(=O)c1ccc(N2C(=O)C(C)CS2(=O)=O)cc1)OC. The minimum atomic E-state index is -3.83. The molecule has 0 spiro atoms. The van der Waals surface area contributed by atoms with Gasteiger partial charge in [0.1, 0.15) is 0 Å². The first kappa shape index (κ1) is 19.8. The van der Waals surface area contributed by atoms with Gasteiger partial charge in [0, 0.05) is 14.2 Å². The molecule has 1 unspecified atom stereocenters. The van der Waals surface area contributed by atoms with Gasteiger partial charge in [0.05, 0.1) is 28.8 Å². The van der Waals surface area contributed by atoms with Crippen molar-refractivity contribution in [1.82, 2.24) is 4.72 Å². The number of amides is 1. The zero-order chi connectivity index (χ0) is 18.8. The average Bonchev–Trinajstić information content (AvgIpc) is 2.76. The number of hydrogen-bond donors (Lipinski definition) is 1. The van der Waals surface area contributed by atoms with E-state index in [1.807, 2.05) is 0 Å². The Kier molecular flexibility index (Phi) is 5.84. The monoisotopic (exact) mass is 392 g/mol. The highest BCUT2D eigenvalue weighted by molar-refractivity contribution is 7.94. The average molecular weight is 392 g/mol. The van der Waals surface area contributed by atoms with Crippen LogP contribution in [0.1, 0.15) is 6.92 Å². The van der Waals surface area contributed by atoms with E-state index in [9.17, 15) is 21.6 Å². The molecule has 1 heterocycles. The molecule has 1 fully saturated rings. The molecular formula is C14H20N2O7S2. The Hall–Kier alpha value is -1.53. The Bertz CT molecular complexity index is 830. The molecule has 1 atom stereocenters. The molecular weight excluding hydrogens is 372 g/mol. The minimum absolute atomic E-state index is 0.0701. The van der Waals surface area contributed by atoms with E-state index in [4.69, 9.17) is 9.47 Å². The van der Waals surface area contributed by atoms with E-state index in [1.165, 1.54) is 45.4 Å². The fraction of sp³-hybridized carbons (Fsp3) is 0.500. The maximum Gasteiger partial charge on any atom is 0.244 e. The van der Waals surface area contributed by atoms with Gasteiger partial charge in [-0.25, -0.2) is 25.9 Å². The zero-order valence-corrected chi connectivity index (χ0v) is 15.6. The number of rotatable bonds is 7. The summed E-state index contributed by atoms with van der Waals surface area (Å²) in [6.45, 7) is 1.44. The molecule has 9 nitrogen and oxygen atoms in total. The maximum absolute atomic E-state index is 12.2. The lowest BCUT2D eigenvalue weighted by molar-refractivity contribution is -0.119. The van der Waals surface area contributed by atoms with Crippen molar-refractivity contribution in [3.05, 3.63) is 24.3 Å². The van der Waals surface area contributed by atoms with Gasteiger partial charge in [0.25, 0.3) is 0 Å². The van der Waals surface area contributed by atoms with Crippen LogP contribution in [0.25, 0.3) is 0 Å². The third kappa shape index (κ3) is 4.18. The summed E-state index contributed by atoms with van der Waals surface area (Å²) in [5, 5.41) is 0. The van der Waals surface area contributed by atoms with Crippen LogP contribution in [-0.4, -0.2) is 55.6 Å². The highest BCUT2D eigenvalue weighted by Crippen LogP contribution is 2.28. The molecule has 1 aromatic carbocycles. The van der Waals surface area contributed by atoms with Gasteiger partial charge in [0.2, 0.25) is 26.0 Å². The number of carbonyl (C=O) groups excluding carboxylic acids is 1. The number of carbonyl (C=O) groups is 1. The van der Waals surface area contributed by atoms with Crippen LogP contribution in [0, 0.1) is 5.92 Å².